The molecule has 0 saturated carbocycles. The smallest absolute Gasteiger partial charge is 0.0631 e. The zero-order chi connectivity index (χ0) is 12.8. The number of hydrogen-bond acceptors (Lipinski definition) is 3. The molecule has 1 aromatic heterocycles. The van der Waals surface area contributed by atoms with Gasteiger partial charge in [0.1, 0.15) is 0 Å². The van der Waals surface area contributed by atoms with Gasteiger partial charge in [-0.25, -0.2) is 0 Å². The van der Waals surface area contributed by atoms with Crippen molar-refractivity contribution in [1.82, 2.24) is 15.1 Å². The minimum absolute atomic E-state index is 0.238. The normalized spacial score (nSPS) is 24.3. The molecule has 0 aromatic carbocycles. The Morgan fingerprint density at radius 2 is 2.44 bits per heavy atom. The van der Waals surface area contributed by atoms with Crippen LogP contribution in [0.3, 0.4) is 0 Å². The molecule has 0 radical (unpaired) electrons. The van der Waals surface area contributed by atoms with Gasteiger partial charge in [-0.2, -0.15) is 5.10 Å². The Labute approximate surface area is 110 Å². The van der Waals surface area contributed by atoms with Gasteiger partial charge < -0.3 is 10.1 Å². The SMILES string of the molecule is CCCNCC1(Cc2ccn(C)n2)CCCOC1. The third-order valence-corrected chi connectivity index (χ3v) is 3.66. The highest BCUT2D eigenvalue weighted by atomic mass is 16.5. The van der Waals surface area contributed by atoms with Crippen LogP contribution in [0.2, 0.25) is 0 Å². The van der Waals surface area contributed by atoms with Gasteiger partial charge in [-0.1, -0.05) is 6.92 Å². The second-order valence-electron chi connectivity index (χ2n) is 5.49. The van der Waals surface area contributed by atoms with Gasteiger partial charge in [-0.15, -0.1) is 0 Å². The summed E-state index contributed by atoms with van der Waals surface area (Å²) in [7, 11) is 1.98. The van der Waals surface area contributed by atoms with Crippen molar-refractivity contribution in [2.24, 2.45) is 12.5 Å². The molecule has 0 bridgehead atoms. The van der Waals surface area contributed by atoms with E-state index in [0.717, 1.165) is 32.7 Å². The summed E-state index contributed by atoms with van der Waals surface area (Å²) in [6, 6.07) is 2.12. The molecule has 0 spiro atoms. The topological polar surface area (TPSA) is 39.1 Å². The van der Waals surface area contributed by atoms with E-state index >= 15 is 0 Å². The zero-order valence-corrected chi connectivity index (χ0v) is 11.6. The third kappa shape index (κ3) is 3.56. The Kier molecular flexibility index (Phi) is 4.78. The molecule has 1 atom stereocenters. The molecule has 1 aliphatic rings. The lowest BCUT2D eigenvalue weighted by Crippen LogP contribution is -2.43. The molecule has 0 aliphatic carbocycles. The highest BCUT2D eigenvalue weighted by Gasteiger charge is 2.33. The number of nitrogens with zero attached hydrogens (tertiary/aromatic N) is 2. The molecular formula is C14H25N3O. The first-order chi connectivity index (χ1) is 8.74. The van der Waals surface area contributed by atoms with Crippen LogP contribution in [0.5, 0.6) is 0 Å². The van der Waals surface area contributed by atoms with Gasteiger partial charge in [0.15, 0.2) is 0 Å². The average molecular weight is 251 g/mol. The van der Waals surface area contributed by atoms with Crippen molar-refractivity contribution in [3.8, 4) is 0 Å². The quantitative estimate of drug-likeness (QED) is 0.783. The van der Waals surface area contributed by atoms with Crippen LogP contribution in [0.15, 0.2) is 12.3 Å². The summed E-state index contributed by atoms with van der Waals surface area (Å²) in [6.45, 7) is 6.11. The number of ether oxygens (including phenoxy) is 1. The number of hydrogen-bond donors (Lipinski definition) is 1. The number of rotatable bonds is 6. The van der Waals surface area contributed by atoms with Gasteiger partial charge in [-0.05, 0) is 31.9 Å². The Morgan fingerprint density at radius 3 is 3.06 bits per heavy atom. The molecular weight excluding hydrogens is 226 g/mol. The van der Waals surface area contributed by atoms with Crippen LogP contribution in [-0.2, 0) is 18.2 Å². The van der Waals surface area contributed by atoms with Gasteiger partial charge in [-0.3, -0.25) is 4.68 Å². The Morgan fingerprint density at radius 1 is 1.56 bits per heavy atom. The van der Waals surface area contributed by atoms with Gasteiger partial charge in [0.25, 0.3) is 0 Å². The van der Waals surface area contributed by atoms with E-state index in [0.29, 0.717) is 0 Å². The first kappa shape index (κ1) is 13.6. The van der Waals surface area contributed by atoms with Crippen LogP contribution in [0.1, 0.15) is 31.9 Å². The van der Waals surface area contributed by atoms with Crippen LogP contribution < -0.4 is 5.32 Å². The fourth-order valence-electron chi connectivity index (χ4n) is 2.72. The molecule has 0 amide bonds. The van der Waals surface area contributed by atoms with Crippen LogP contribution in [0, 0.1) is 5.41 Å². The van der Waals surface area contributed by atoms with E-state index < -0.39 is 0 Å². The zero-order valence-electron chi connectivity index (χ0n) is 11.6. The molecule has 1 aliphatic heterocycles. The van der Waals surface area contributed by atoms with E-state index in [2.05, 4.69) is 23.4 Å². The van der Waals surface area contributed by atoms with E-state index in [-0.39, 0.29) is 5.41 Å². The summed E-state index contributed by atoms with van der Waals surface area (Å²) in [6.07, 6.45) is 6.62. The van der Waals surface area contributed by atoms with Crippen LogP contribution >= 0.6 is 0 Å². The molecule has 1 fully saturated rings. The number of aromatic nitrogens is 2. The molecule has 1 unspecified atom stereocenters. The van der Waals surface area contributed by atoms with E-state index in [9.17, 15) is 0 Å². The van der Waals surface area contributed by atoms with Gasteiger partial charge in [0.05, 0.1) is 12.3 Å². The standard InChI is InChI=1S/C14H25N3O/c1-3-7-15-11-14(6-4-9-18-12-14)10-13-5-8-17(2)16-13/h5,8,15H,3-4,6-7,9-12H2,1-2H3. The molecule has 1 aromatic rings. The summed E-state index contributed by atoms with van der Waals surface area (Å²) in [5.74, 6) is 0. The van der Waals surface area contributed by atoms with E-state index in [1.54, 1.807) is 0 Å². The predicted octanol–water partition coefficient (Wildman–Crippen LogP) is 1.76. The lowest BCUT2D eigenvalue weighted by molar-refractivity contribution is -0.00760. The summed E-state index contributed by atoms with van der Waals surface area (Å²) >= 11 is 0. The van der Waals surface area contributed by atoms with Crippen molar-refractivity contribution in [2.75, 3.05) is 26.3 Å². The molecule has 1 N–H and O–H groups in total. The van der Waals surface area contributed by atoms with E-state index in [4.69, 9.17) is 4.74 Å². The highest BCUT2D eigenvalue weighted by molar-refractivity contribution is 5.04. The maximum Gasteiger partial charge on any atom is 0.0631 e. The first-order valence-electron chi connectivity index (χ1n) is 7.01. The van der Waals surface area contributed by atoms with Crippen LogP contribution in [-0.4, -0.2) is 36.1 Å². The minimum atomic E-state index is 0.238. The van der Waals surface area contributed by atoms with Crippen molar-refractivity contribution in [2.45, 2.75) is 32.6 Å². The Bertz CT molecular complexity index is 356. The average Bonchev–Trinajstić information content (AvgIpc) is 2.76. The van der Waals surface area contributed by atoms with E-state index in [1.807, 2.05) is 17.9 Å². The van der Waals surface area contributed by atoms with Crippen molar-refractivity contribution in [3.63, 3.8) is 0 Å². The fraction of sp³-hybridized carbons (Fsp3) is 0.786. The molecule has 2 heterocycles. The van der Waals surface area contributed by atoms with Crippen LogP contribution in [0.25, 0.3) is 0 Å². The molecule has 18 heavy (non-hydrogen) atoms. The van der Waals surface area contributed by atoms with Crippen molar-refractivity contribution in [3.05, 3.63) is 18.0 Å². The first-order valence-corrected chi connectivity index (χ1v) is 7.01. The van der Waals surface area contributed by atoms with E-state index in [1.165, 1.54) is 25.0 Å². The molecule has 4 nitrogen and oxygen atoms in total. The predicted molar refractivity (Wildman–Crippen MR) is 72.6 cm³/mol. The lowest BCUT2D eigenvalue weighted by Gasteiger charge is -2.37. The van der Waals surface area contributed by atoms with Crippen molar-refractivity contribution >= 4 is 0 Å². The van der Waals surface area contributed by atoms with Crippen molar-refractivity contribution < 1.29 is 4.74 Å². The van der Waals surface area contributed by atoms with Gasteiger partial charge in [0.2, 0.25) is 0 Å². The molecule has 102 valence electrons. The Hall–Kier alpha value is -0.870. The molecule has 2 rings (SSSR count). The minimum Gasteiger partial charge on any atom is -0.381 e. The lowest BCUT2D eigenvalue weighted by atomic mass is 9.78. The summed E-state index contributed by atoms with van der Waals surface area (Å²) in [5.41, 5.74) is 1.42. The van der Waals surface area contributed by atoms with Gasteiger partial charge >= 0.3 is 0 Å². The third-order valence-electron chi connectivity index (χ3n) is 3.66. The maximum absolute atomic E-state index is 5.72. The second-order valence-corrected chi connectivity index (χ2v) is 5.49. The summed E-state index contributed by atoms with van der Waals surface area (Å²) in [4.78, 5) is 0. The van der Waals surface area contributed by atoms with Crippen LogP contribution in [0.4, 0.5) is 0 Å². The Balaban J connectivity index is 1.99. The van der Waals surface area contributed by atoms with Crippen molar-refractivity contribution in [1.29, 1.82) is 0 Å². The fourth-order valence-corrected chi connectivity index (χ4v) is 2.72. The molecule has 1 saturated heterocycles. The largest absolute Gasteiger partial charge is 0.381 e. The highest BCUT2D eigenvalue weighted by Crippen LogP contribution is 2.31. The number of nitrogens with one attached hydrogen (secondary N) is 1. The monoisotopic (exact) mass is 251 g/mol. The second kappa shape index (κ2) is 6.34. The maximum atomic E-state index is 5.72. The molecule has 4 heteroatoms. The summed E-state index contributed by atoms with van der Waals surface area (Å²) < 4.78 is 7.60. The number of aryl methyl sites for hydroxylation is 1. The summed E-state index contributed by atoms with van der Waals surface area (Å²) in [5, 5.41) is 8.07. The van der Waals surface area contributed by atoms with Gasteiger partial charge in [0, 0.05) is 38.2 Å².